The first-order valence-electron chi connectivity index (χ1n) is 7.73. The van der Waals surface area contributed by atoms with Gasteiger partial charge in [0, 0.05) is 45.4 Å². The lowest BCUT2D eigenvalue weighted by molar-refractivity contribution is -0.137. The van der Waals surface area contributed by atoms with Crippen LogP contribution >= 0.6 is 0 Å². The standard InChI is InChI=1S/C16H24N4O2/c1-4-13(20-10-6-8-14(20)21)16(22)18-11-12-7-5-9-17-15(12)19(2)3/h5,7,9,13H,4,6,8,10-11H2,1-3H3,(H,18,22)/t13-/m1/s1. The Hall–Kier alpha value is -2.11. The predicted molar refractivity (Wildman–Crippen MR) is 85.4 cm³/mol. The van der Waals surface area contributed by atoms with E-state index in [0.29, 0.717) is 25.9 Å². The molecule has 1 saturated heterocycles. The van der Waals surface area contributed by atoms with Crippen molar-refractivity contribution < 1.29 is 9.59 Å². The van der Waals surface area contributed by atoms with Gasteiger partial charge in [-0.2, -0.15) is 0 Å². The van der Waals surface area contributed by atoms with Crippen LogP contribution in [0.2, 0.25) is 0 Å². The van der Waals surface area contributed by atoms with Crippen LogP contribution in [-0.2, 0) is 16.1 Å². The first-order chi connectivity index (χ1) is 10.5. The minimum absolute atomic E-state index is 0.0809. The molecule has 0 spiro atoms. The molecule has 1 aromatic rings. The highest BCUT2D eigenvalue weighted by atomic mass is 16.2. The van der Waals surface area contributed by atoms with Crippen LogP contribution in [0, 0.1) is 0 Å². The minimum atomic E-state index is -0.366. The zero-order chi connectivity index (χ0) is 16.1. The van der Waals surface area contributed by atoms with Crippen molar-refractivity contribution in [1.82, 2.24) is 15.2 Å². The number of pyridine rings is 1. The van der Waals surface area contributed by atoms with Gasteiger partial charge >= 0.3 is 0 Å². The van der Waals surface area contributed by atoms with E-state index in [2.05, 4.69) is 10.3 Å². The second-order valence-corrected chi connectivity index (χ2v) is 5.71. The summed E-state index contributed by atoms with van der Waals surface area (Å²) in [5, 5.41) is 2.94. The van der Waals surface area contributed by atoms with Crippen molar-refractivity contribution in [3.63, 3.8) is 0 Å². The largest absolute Gasteiger partial charge is 0.362 e. The zero-order valence-corrected chi connectivity index (χ0v) is 13.5. The van der Waals surface area contributed by atoms with E-state index in [-0.39, 0.29) is 17.9 Å². The second kappa shape index (κ2) is 7.24. The number of amides is 2. The van der Waals surface area contributed by atoms with Gasteiger partial charge in [-0.3, -0.25) is 9.59 Å². The van der Waals surface area contributed by atoms with Gasteiger partial charge in [0.05, 0.1) is 0 Å². The average molecular weight is 304 g/mol. The SMILES string of the molecule is CC[C@H](C(=O)NCc1cccnc1N(C)C)N1CCCC1=O. The number of anilines is 1. The molecule has 1 atom stereocenters. The topological polar surface area (TPSA) is 65.5 Å². The Bertz CT molecular complexity index is 545. The summed E-state index contributed by atoms with van der Waals surface area (Å²) in [4.78, 5) is 32.2. The van der Waals surface area contributed by atoms with Crippen molar-refractivity contribution >= 4 is 17.6 Å². The van der Waals surface area contributed by atoms with Gasteiger partial charge in [-0.25, -0.2) is 4.98 Å². The van der Waals surface area contributed by atoms with E-state index >= 15 is 0 Å². The van der Waals surface area contributed by atoms with Crippen LogP contribution < -0.4 is 10.2 Å². The molecule has 1 fully saturated rings. The van der Waals surface area contributed by atoms with Crippen LogP contribution in [0.3, 0.4) is 0 Å². The first kappa shape index (κ1) is 16.3. The summed E-state index contributed by atoms with van der Waals surface area (Å²) in [6.45, 7) is 3.03. The fourth-order valence-electron chi connectivity index (χ4n) is 2.82. The van der Waals surface area contributed by atoms with E-state index in [1.165, 1.54) is 0 Å². The molecule has 1 aromatic heterocycles. The molecule has 1 aliphatic heterocycles. The van der Waals surface area contributed by atoms with Crippen LogP contribution in [-0.4, -0.2) is 48.4 Å². The normalized spacial score (nSPS) is 15.8. The van der Waals surface area contributed by atoms with Crippen molar-refractivity contribution in [2.75, 3.05) is 25.5 Å². The summed E-state index contributed by atoms with van der Waals surface area (Å²) in [5.41, 5.74) is 0.962. The smallest absolute Gasteiger partial charge is 0.243 e. The molecule has 6 heteroatoms. The van der Waals surface area contributed by atoms with Crippen molar-refractivity contribution in [2.45, 2.75) is 38.8 Å². The van der Waals surface area contributed by atoms with Gasteiger partial charge in [-0.1, -0.05) is 13.0 Å². The third kappa shape index (κ3) is 3.55. The van der Waals surface area contributed by atoms with Gasteiger partial charge in [0.25, 0.3) is 0 Å². The maximum Gasteiger partial charge on any atom is 0.243 e. The molecular weight excluding hydrogens is 280 g/mol. The minimum Gasteiger partial charge on any atom is -0.362 e. The number of hydrogen-bond acceptors (Lipinski definition) is 4. The fraction of sp³-hybridized carbons (Fsp3) is 0.562. The molecule has 2 rings (SSSR count). The van der Waals surface area contributed by atoms with Crippen molar-refractivity contribution in [2.24, 2.45) is 0 Å². The Labute approximate surface area is 131 Å². The maximum atomic E-state index is 12.4. The van der Waals surface area contributed by atoms with Gasteiger partial charge in [0.1, 0.15) is 11.9 Å². The van der Waals surface area contributed by atoms with Crippen LogP contribution in [0.15, 0.2) is 18.3 Å². The molecule has 2 heterocycles. The van der Waals surface area contributed by atoms with Crippen molar-refractivity contribution in [3.05, 3.63) is 23.9 Å². The van der Waals surface area contributed by atoms with E-state index in [1.807, 2.05) is 38.1 Å². The third-order valence-corrected chi connectivity index (χ3v) is 3.92. The van der Waals surface area contributed by atoms with E-state index < -0.39 is 0 Å². The van der Waals surface area contributed by atoms with Gasteiger partial charge in [0.15, 0.2) is 0 Å². The van der Waals surface area contributed by atoms with Gasteiger partial charge in [-0.05, 0) is 18.9 Å². The zero-order valence-electron chi connectivity index (χ0n) is 13.5. The highest BCUT2D eigenvalue weighted by Crippen LogP contribution is 2.17. The van der Waals surface area contributed by atoms with Gasteiger partial charge in [0.2, 0.25) is 11.8 Å². The number of likely N-dealkylation sites (tertiary alicyclic amines) is 1. The number of hydrogen-bond donors (Lipinski definition) is 1. The summed E-state index contributed by atoms with van der Waals surface area (Å²) in [6, 6.07) is 3.44. The molecule has 0 bridgehead atoms. The van der Waals surface area contributed by atoms with Crippen LogP contribution in [0.4, 0.5) is 5.82 Å². The Kier molecular flexibility index (Phi) is 5.35. The predicted octanol–water partition coefficient (Wildman–Crippen LogP) is 1.16. The summed E-state index contributed by atoms with van der Waals surface area (Å²) in [6.07, 6.45) is 3.76. The number of carbonyl (C=O) groups excluding carboxylic acids is 2. The van der Waals surface area contributed by atoms with E-state index in [0.717, 1.165) is 17.8 Å². The molecule has 2 amide bonds. The lowest BCUT2D eigenvalue weighted by Crippen LogP contribution is -2.47. The van der Waals surface area contributed by atoms with Crippen LogP contribution in [0.1, 0.15) is 31.7 Å². The van der Waals surface area contributed by atoms with Crippen LogP contribution in [0.5, 0.6) is 0 Å². The Morgan fingerprint density at radius 3 is 2.86 bits per heavy atom. The molecule has 0 radical (unpaired) electrons. The summed E-state index contributed by atoms with van der Waals surface area (Å²) in [7, 11) is 3.84. The van der Waals surface area contributed by atoms with E-state index in [9.17, 15) is 9.59 Å². The molecule has 120 valence electrons. The first-order valence-corrected chi connectivity index (χ1v) is 7.73. The molecule has 0 aliphatic carbocycles. The molecule has 0 unspecified atom stereocenters. The molecule has 22 heavy (non-hydrogen) atoms. The number of aromatic nitrogens is 1. The highest BCUT2D eigenvalue weighted by molar-refractivity contribution is 5.88. The fourth-order valence-corrected chi connectivity index (χ4v) is 2.82. The summed E-state index contributed by atoms with van der Waals surface area (Å²) < 4.78 is 0. The van der Waals surface area contributed by atoms with Gasteiger partial charge < -0.3 is 15.1 Å². The Morgan fingerprint density at radius 2 is 2.27 bits per heavy atom. The van der Waals surface area contributed by atoms with E-state index in [4.69, 9.17) is 0 Å². The maximum absolute atomic E-state index is 12.4. The molecular formula is C16H24N4O2. The third-order valence-electron chi connectivity index (χ3n) is 3.92. The molecule has 6 nitrogen and oxygen atoms in total. The lowest BCUT2D eigenvalue weighted by Gasteiger charge is -2.26. The molecule has 1 N–H and O–H groups in total. The quantitative estimate of drug-likeness (QED) is 0.856. The molecule has 0 saturated carbocycles. The lowest BCUT2D eigenvalue weighted by atomic mass is 10.1. The number of rotatable bonds is 6. The summed E-state index contributed by atoms with van der Waals surface area (Å²) in [5.74, 6) is 0.830. The molecule has 0 aromatic carbocycles. The Morgan fingerprint density at radius 1 is 1.50 bits per heavy atom. The number of nitrogens with one attached hydrogen (secondary N) is 1. The van der Waals surface area contributed by atoms with Crippen molar-refractivity contribution in [1.29, 1.82) is 0 Å². The molecule has 1 aliphatic rings. The number of carbonyl (C=O) groups is 2. The van der Waals surface area contributed by atoms with Crippen LogP contribution in [0.25, 0.3) is 0 Å². The number of nitrogens with zero attached hydrogens (tertiary/aromatic N) is 3. The average Bonchev–Trinajstić information content (AvgIpc) is 2.92. The highest BCUT2D eigenvalue weighted by Gasteiger charge is 2.31. The Balaban J connectivity index is 2.01. The second-order valence-electron chi connectivity index (χ2n) is 5.71. The van der Waals surface area contributed by atoms with Crippen molar-refractivity contribution in [3.8, 4) is 0 Å². The monoisotopic (exact) mass is 304 g/mol. The summed E-state index contributed by atoms with van der Waals surface area (Å²) >= 11 is 0. The van der Waals surface area contributed by atoms with E-state index in [1.54, 1.807) is 11.1 Å². The van der Waals surface area contributed by atoms with Gasteiger partial charge in [-0.15, -0.1) is 0 Å².